The normalized spacial score (nSPS) is 21.3. The number of hydrogen-bond acceptors (Lipinski definition) is 0. The molecule has 0 saturated carbocycles. The molecule has 0 aromatic rings. The monoisotopic (exact) mass is 242 g/mol. The molecule has 0 unspecified atom stereocenters. The summed E-state index contributed by atoms with van der Waals surface area (Å²) in [5.74, 6) is 0. The molecule has 2 rings (SSSR count). The molecule has 0 radical (unpaired) electrons. The Kier molecular flexibility index (Phi) is 5.04. The zero-order chi connectivity index (χ0) is 12.8. The van der Waals surface area contributed by atoms with Crippen molar-refractivity contribution < 1.29 is 0 Å². The smallest absolute Gasteiger partial charge is 0.00704 e. The van der Waals surface area contributed by atoms with Crippen LogP contribution < -0.4 is 0 Å². The van der Waals surface area contributed by atoms with E-state index in [2.05, 4.69) is 31.7 Å². The first-order chi connectivity index (χ1) is 8.75. The van der Waals surface area contributed by atoms with Crippen LogP contribution in [0.2, 0.25) is 0 Å². The van der Waals surface area contributed by atoms with E-state index in [0.717, 1.165) is 6.42 Å². The van der Waals surface area contributed by atoms with Crippen molar-refractivity contribution >= 4 is 0 Å². The third-order valence-corrected chi connectivity index (χ3v) is 4.11. The highest BCUT2D eigenvalue weighted by Crippen LogP contribution is 2.27. The van der Waals surface area contributed by atoms with Crippen molar-refractivity contribution in [1.82, 2.24) is 0 Å². The molecule has 0 bridgehead atoms. The van der Waals surface area contributed by atoms with Gasteiger partial charge in [0.15, 0.2) is 0 Å². The van der Waals surface area contributed by atoms with Gasteiger partial charge in [0.1, 0.15) is 0 Å². The summed E-state index contributed by atoms with van der Waals surface area (Å²) in [5.41, 5.74) is 5.83. The van der Waals surface area contributed by atoms with Crippen LogP contribution in [0.25, 0.3) is 0 Å². The molecular weight excluding hydrogens is 216 g/mol. The third-order valence-electron chi connectivity index (χ3n) is 4.11. The molecule has 0 heteroatoms. The van der Waals surface area contributed by atoms with Crippen LogP contribution in [0, 0.1) is 0 Å². The first-order valence-corrected chi connectivity index (χ1v) is 7.49. The highest BCUT2D eigenvalue weighted by Gasteiger charge is 2.07. The molecule has 18 heavy (non-hydrogen) atoms. The van der Waals surface area contributed by atoms with E-state index in [9.17, 15) is 0 Å². The molecule has 0 fully saturated rings. The van der Waals surface area contributed by atoms with Crippen molar-refractivity contribution in [1.29, 1.82) is 0 Å². The van der Waals surface area contributed by atoms with Crippen LogP contribution in [-0.2, 0) is 0 Å². The van der Waals surface area contributed by atoms with E-state index in [4.69, 9.17) is 0 Å². The van der Waals surface area contributed by atoms with E-state index < -0.39 is 0 Å². The summed E-state index contributed by atoms with van der Waals surface area (Å²) in [4.78, 5) is 0. The Balaban J connectivity index is 1.93. The van der Waals surface area contributed by atoms with Crippen LogP contribution in [-0.4, -0.2) is 0 Å². The van der Waals surface area contributed by atoms with Crippen molar-refractivity contribution in [2.75, 3.05) is 0 Å². The van der Waals surface area contributed by atoms with Gasteiger partial charge in [0, 0.05) is 0 Å². The molecule has 0 atom stereocenters. The van der Waals surface area contributed by atoms with E-state index in [0.29, 0.717) is 0 Å². The maximum Gasteiger partial charge on any atom is -0.00704 e. The van der Waals surface area contributed by atoms with Gasteiger partial charge in [0.25, 0.3) is 0 Å². The Labute approximate surface area is 112 Å². The first kappa shape index (κ1) is 13.4. The minimum atomic E-state index is 1.09. The summed E-state index contributed by atoms with van der Waals surface area (Å²) >= 11 is 0. The molecule has 0 aliphatic heterocycles. The molecule has 2 aliphatic rings. The van der Waals surface area contributed by atoms with Gasteiger partial charge in [-0.2, -0.15) is 0 Å². The summed E-state index contributed by atoms with van der Waals surface area (Å²) in [6, 6.07) is 0. The highest BCUT2D eigenvalue weighted by molar-refractivity contribution is 5.37. The van der Waals surface area contributed by atoms with Crippen molar-refractivity contribution in [3.05, 3.63) is 47.1 Å². The molecule has 98 valence electrons. The Morgan fingerprint density at radius 1 is 1.11 bits per heavy atom. The quantitative estimate of drug-likeness (QED) is 0.426. The van der Waals surface area contributed by atoms with E-state index in [1.54, 1.807) is 5.57 Å². The van der Waals surface area contributed by atoms with Crippen molar-refractivity contribution in [2.45, 2.75) is 64.7 Å². The van der Waals surface area contributed by atoms with Crippen molar-refractivity contribution in [3.8, 4) is 0 Å². The molecule has 0 aromatic carbocycles. The number of allylic oxidation sites excluding steroid dienone is 7. The first-order valence-electron chi connectivity index (χ1n) is 7.49. The maximum atomic E-state index is 4.28. The summed E-state index contributed by atoms with van der Waals surface area (Å²) in [7, 11) is 0. The highest BCUT2D eigenvalue weighted by atomic mass is 14.1. The maximum absolute atomic E-state index is 4.28. The van der Waals surface area contributed by atoms with Crippen LogP contribution in [0.3, 0.4) is 0 Å². The zero-order valence-electron chi connectivity index (χ0n) is 11.8. The molecule has 0 aromatic heterocycles. The topological polar surface area (TPSA) is 0 Å². The lowest BCUT2D eigenvalue weighted by Crippen LogP contribution is -1.96. The predicted octanol–water partition coefficient (Wildman–Crippen LogP) is 5.88. The average Bonchev–Trinajstić information content (AvgIpc) is 2.41. The van der Waals surface area contributed by atoms with E-state index in [1.807, 2.05) is 0 Å². The predicted molar refractivity (Wildman–Crippen MR) is 80.6 cm³/mol. The largest absolute Gasteiger partial charge is 0.0952 e. The third kappa shape index (κ3) is 4.01. The van der Waals surface area contributed by atoms with E-state index in [-0.39, 0.29) is 0 Å². The lowest BCUT2D eigenvalue weighted by Gasteiger charge is -2.15. The Morgan fingerprint density at radius 3 is 2.44 bits per heavy atom. The second-order valence-electron chi connectivity index (χ2n) is 5.74. The van der Waals surface area contributed by atoms with Gasteiger partial charge in [-0.05, 0) is 75.9 Å². The summed E-state index contributed by atoms with van der Waals surface area (Å²) in [6.07, 6.45) is 18.8. The lowest BCUT2D eigenvalue weighted by atomic mass is 9.90. The summed E-state index contributed by atoms with van der Waals surface area (Å²) < 4.78 is 0. The summed E-state index contributed by atoms with van der Waals surface area (Å²) in [5, 5.41) is 0. The zero-order valence-corrected chi connectivity index (χ0v) is 11.8. The van der Waals surface area contributed by atoms with Gasteiger partial charge in [-0.1, -0.05) is 36.0 Å². The summed E-state index contributed by atoms with van der Waals surface area (Å²) in [6.45, 7) is 6.50. The van der Waals surface area contributed by atoms with Gasteiger partial charge in [0.2, 0.25) is 0 Å². The fourth-order valence-corrected chi connectivity index (χ4v) is 2.85. The van der Waals surface area contributed by atoms with Crippen LogP contribution in [0.1, 0.15) is 64.7 Å². The second kappa shape index (κ2) is 6.78. The molecule has 0 spiro atoms. The molecule has 0 saturated heterocycles. The minimum Gasteiger partial charge on any atom is -0.0952 e. The van der Waals surface area contributed by atoms with Crippen molar-refractivity contribution in [2.24, 2.45) is 0 Å². The lowest BCUT2D eigenvalue weighted by molar-refractivity contribution is 0.688. The Morgan fingerprint density at radius 2 is 1.83 bits per heavy atom. The van der Waals surface area contributed by atoms with Gasteiger partial charge >= 0.3 is 0 Å². The fraction of sp³-hybridized carbons (Fsp3) is 0.556. The van der Waals surface area contributed by atoms with E-state index >= 15 is 0 Å². The molecule has 0 heterocycles. The van der Waals surface area contributed by atoms with Crippen LogP contribution in [0.4, 0.5) is 0 Å². The van der Waals surface area contributed by atoms with Gasteiger partial charge in [-0.15, -0.1) is 0 Å². The number of rotatable bonds is 4. The average molecular weight is 242 g/mol. The standard InChI is InChI=1S/C18H26/c1-15(13-17-9-5-3-6-10-17)16(2)14-18-11-7-4-8-12-18/h9,11,14H,1,3-8,10,12-13H2,2H3. The minimum absolute atomic E-state index is 1.09. The van der Waals surface area contributed by atoms with Crippen LogP contribution in [0.15, 0.2) is 47.1 Å². The number of hydrogen-bond donors (Lipinski definition) is 0. The molecule has 2 aliphatic carbocycles. The second-order valence-corrected chi connectivity index (χ2v) is 5.74. The van der Waals surface area contributed by atoms with Gasteiger partial charge < -0.3 is 0 Å². The Bertz CT molecular complexity index is 390. The van der Waals surface area contributed by atoms with Crippen LogP contribution >= 0.6 is 0 Å². The molecule has 0 amide bonds. The van der Waals surface area contributed by atoms with Gasteiger partial charge in [-0.25, -0.2) is 0 Å². The van der Waals surface area contributed by atoms with Gasteiger partial charge in [-0.3, -0.25) is 0 Å². The van der Waals surface area contributed by atoms with Crippen LogP contribution in [0.5, 0.6) is 0 Å². The molecule has 0 N–H and O–H groups in total. The fourth-order valence-electron chi connectivity index (χ4n) is 2.85. The SMILES string of the molecule is C=C(CC1=CCCCC1)C(C)=CC1=CCCCC1. The van der Waals surface area contributed by atoms with Crippen molar-refractivity contribution in [3.63, 3.8) is 0 Å². The van der Waals surface area contributed by atoms with Gasteiger partial charge in [0.05, 0.1) is 0 Å². The van der Waals surface area contributed by atoms with E-state index in [1.165, 1.54) is 68.1 Å². The molecular formula is C18H26. The Hall–Kier alpha value is -1.04. The molecule has 0 nitrogen and oxygen atoms in total.